The van der Waals surface area contributed by atoms with Crippen LogP contribution in [0.15, 0.2) is 23.7 Å². The number of anilines is 1. The summed E-state index contributed by atoms with van der Waals surface area (Å²) in [6, 6.07) is 3.19. The molecule has 1 amide bonds. The highest BCUT2D eigenvalue weighted by molar-refractivity contribution is 7.13. The van der Waals surface area contributed by atoms with Gasteiger partial charge in [0.1, 0.15) is 5.75 Å². The van der Waals surface area contributed by atoms with Crippen molar-refractivity contribution >= 4 is 57.2 Å². The van der Waals surface area contributed by atoms with Crippen LogP contribution in [-0.4, -0.2) is 23.5 Å². The van der Waals surface area contributed by atoms with Gasteiger partial charge in [0.2, 0.25) is 0 Å². The van der Waals surface area contributed by atoms with E-state index >= 15 is 0 Å². The van der Waals surface area contributed by atoms with Gasteiger partial charge in [0.05, 0.1) is 15.1 Å². The number of hydrogen-bond donors (Lipinski definition) is 0. The maximum absolute atomic E-state index is 12.8. The van der Waals surface area contributed by atoms with Crippen LogP contribution in [0.1, 0.15) is 32.1 Å². The first kappa shape index (κ1) is 18.8. The van der Waals surface area contributed by atoms with Crippen LogP contribution in [0, 0.1) is 0 Å². The van der Waals surface area contributed by atoms with E-state index in [1.165, 1.54) is 29.9 Å². The Labute approximate surface area is 165 Å². The third kappa shape index (κ3) is 4.59. The first-order valence-electron chi connectivity index (χ1n) is 8.05. The predicted octanol–water partition coefficient (Wildman–Crippen LogP) is 5.85. The Morgan fingerprint density at radius 2 is 1.88 bits per heavy atom. The van der Waals surface area contributed by atoms with E-state index in [1.807, 2.05) is 5.38 Å². The van der Waals surface area contributed by atoms with Crippen LogP contribution >= 0.6 is 46.1 Å². The van der Waals surface area contributed by atoms with E-state index in [0.717, 1.165) is 25.7 Å². The molecule has 1 fully saturated rings. The van der Waals surface area contributed by atoms with Crippen molar-refractivity contribution in [3.63, 3.8) is 0 Å². The van der Waals surface area contributed by atoms with Gasteiger partial charge >= 0.3 is 0 Å². The summed E-state index contributed by atoms with van der Waals surface area (Å²) in [6.45, 7) is -0.131. The number of halogens is 3. The molecule has 0 atom stereocenters. The highest BCUT2D eigenvalue weighted by Gasteiger charge is 2.29. The van der Waals surface area contributed by atoms with E-state index in [2.05, 4.69) is 4.98 Å². The van der Waals surface area contributed by atoms with E-state index in [0.29, 0.717) is 25.9 Å². The monoisotopic (exact) mass is 418 g/mol. The summed E-state index contributed by atoms with van der Waals surface area (Å²) in [5.74, 6) is 0.205. The van der Waals surface area contributed by atoms with Crippen LogP contribution in [0.25, 0.3) is 0 Å². The minimum atomic E-state index is -0.135. The molecule has 1 aromatic carbocycles. The Morgan fingerprint density at radius 3 is 2.56 bits per heavy atom. The summed E-state index contributed by atoms with van der Waals surface area (Å²) in [4.78, 5) is 18.9. The van der Waals surface area contributed by atoms with Crippen molar-refractivity contribution in [2.45, 2.75) is 38.1 Å². The van der Waals surface area contributed by atoms with Gasteiger partial charge in [0.15, 0.2) is 11.7 Å². The molecule has 4 nitrogen and oxygen atoms in total. The van der Waals surface area contributed by atoms with E-state index in [-0.39, 0.29) is 18.6 Å². The molecular weight excluding hydrogens is 403 g/mol. The lowest BCUT2D eigenvalue weighted by Crippen LogP contribution is -2.44. The number of benzene rings is 1. The molecule has 1 aliphatic rings. The highest BCUT2D eigenvalue weighted by Crippen LogP contribution is 2.34. The molecule has 25 heavy (non-hydrogen) atoms. The number of hydrogen-bond acceptors (Lipinski definition) is 4. The Bertz CT molecular complexity index is 734. The Kier molecular flexibility index (Phi) is 6.44. The van der Waals surface area contributed by atoms with Crippen molar-refractivity contribution < 1.29 is 9.53 Å². The quantitative estimate of drug-likeness (QED) is 0.571. The minimum absolute atomic E-state index is 0.131. The fraction of sp³-hybridized carbons (Fsp3) is 0.412. The van der Waals surface area contributed by atoms with E-state index in [1.54, 1.807) is 11.1 Å². The number of amides is 1. The fourth-order valence-electron chi connectivity index (χ4n) is 2.96. The summed E-state index contributed by atoms with van der Waals surface area (Å²) in [5, 5.41) is 3.57. The third-order valence-electron chi connectivity index (χ3n) is 4.16. The maximum Gasteiger partial charge on any atom is 0.266 e. The molecule has 0 radical (unpaired) electrons. The molecular formula is C17H17Cl3N2O2S. The molecule has 0 unspecified atom stereocenters. The summed E-state index contributed by atoms with van der Waals surface area (Å²) in [5.41, 5.74) is 0. The molecule has 0 aliphatic heterocycles. The molecule has 1 aliphatic carbocycles. The second-order valence-corrected chi connectivity index (χ2v) is 7.95. The number of nitrogens with zero attached hydrogens (tertiary/aromatic N) is 2. The van der Waals surface area contributed by atoms with Crippen LogP contribution in [0.3, 0.4) is 0 Å². The maximum atomic E-state index is 12.8. The zero-order valence-corrected chi connectivity index (χ0v) is 16.5. The number of thiazole rings is 1. The molecule has 1 saturated carbocycles. The van der Waals surface area contributed by atoms with Crippen molar-refractivity contribution in [1.29, 1.82) is 0 Å². The number of ether oxygens (including phenoxy) is 1. The number of aromatic nitrogens is 1. The van der Waals surface area contributed by atoms with Crippen molar-refractivity contribution in [3.05, 3.63) is 38.8 Å². The van der Waals surface area contributed by atoms with Gasteiger partial charge in [-0.05, 0) is 18.9 Å². The van der Waals surface area contributed by atoms with Gasteiger partial charge in [-0.3, -0.25) is 9.69 Å². The van der Waals surface area contributed by atoms with Gasteiger partial charge in [0, 0.05) is 23.7 Å². The van der Waals surface area contributed by atoms with Crippen LogP contribution in [-0.2, 0) is 4.79 Å². The summed E-state index contributed by atoms with van der Waals surface area (Å²) in [6.07, 6.45) is 7.14. The number of rotatable bonds is 5. The molecule has 1 heterocycles. The zero-order valence-electron chi connectivity index (χ0n) is 13.4. The minimum Gasteiger partial charge on any atom is -0.482 e. The van der Waals surface area contributed by atoms with Gasteiger partial charge in [-0.25, -0.2) is 4.98 Å². The average Bonchev–Trinajstić information content (AvgIpc) is 3.12. The highest BCUT2D eigenvalue weighted by atomic mass is 35.5. The molecule has 2 aromatic rings. The Hall–Kier alpha value is -1.01. The van der Waals surface area contributed by atoms with Gasteiger partial charge in [-0.2, -0.15) is 0 Å². The second kappa shape index (κ2) is 8.58. The van der Waals surface area contributed by atoms with Gasteiger partial charge < -0.3 is 4.74 Å². The lowest BCUT2D eigenvalue weighted by molar-refractivity contribution is -0.121. The summed E-state index contributed by atoms with van der Waals surface area (Å²) < 4.78 is 5.61. The zero-order chi connectivity index (χ0) is 17.8. The van der Waals surface area contributed by atoms with Crippen molar-refractivity contribution in [1.82, 2.24) is 4.98 Å². The van der Waals surface area contributed by atoms with Gasteiger partial charge in [-0.1, -0.05) is 54.1 Å². The molecule has 3 rings (SSSR count). The smallest absolute Gasteiger partial charge is 0.266 e. The van der Waals surface area contributed by atoms with Crippen molar-refractivity contribution in [2.24, 2.45) is 0 Å². The predicted molar refractivity (Wildman–Crippen MR) is 103 cm³/mol. The first-order valence-corrected chi connectivity index (χ1v) is 10.1. The third-order valence-corrected chi connectivity index (χ3v) is 5.95. The molecule has 0 bridgehead atoms. The topological polar surface area (TPSA) is 42.4 Å². The number of carbonyl (C=O) groups is 1. The first-order chi connectivity index (χ1) is 12.1. The van der Waals surface area contributed by atoms with Crippen LogP contribution in [0.2, 0.25) is 15.1 Å². The van der Waals surface area contributed by atoms with Gasteiger partial charge in [0.25, 0.3) is 5.91 Å². The van der Waals surface area contributed by atoms with Crippen LogP contribution < -0.4 is 9.64 Å². The number of carbonyl (C=O) groups excluding carboxylic acids is 1. The van der Waals surface area contributed by atoms with E-state index in [4.69, 9.17) is 39.5 Å². The molecule has 0 saturated heterocycles. The molecule has 8 heteroatoms. The second-order valence-electron chi connectivity index (χ2n) is 5.86. The Morgan fingerprint density at radius 1 is 1.16 bits per heavy atom. The molecule has 1 aromatic heterocycles. The average molecular weight is 420 g/mol. The normalized spacial score (nSPS) is 15.2. The standard InChI is InChI=1S/C17H17Cl3N2O2S/c18-12-8-14(20)15(9-13(12)19)24-10-16(23)22(17-21-6-7-25-17)11-4-2-1-3-5-11/h6-9,11H,1-5,10H2. The lowest BCUT2D eigenvalue weighted by Gasteiger charge is -2.32. The summed E-state index contributed by atoms with van der Waals surface area (Å²) in [7, 11) is 0. The van der Waals surface area contributed by atoms with E-state index in [9.17, 15) is 4.79 Å². The van der Waals surface area contributed by atoms with Crippen LogP contribution in [0.5, 0.6) is 5.75 Å². The van der Waals surface area contributed by atoms with Crippen molar-refractivity contribution in [2.75, 3.05) is 11.5 Å². The van der Waals surface area contributed by atoms with Crippen LogP contribution in [0.4, 0.5) is 5.13 Å². The van der Waals surface area contributed by atoms with Crippen molar-refractivity contribution in [3.8, 4) is 5.75 Å². The van der Waals surface area contributed by atoms with E-state index < -0.39 is 0 Å². The Balaban J connectivity index is 1.73. The molecule has 134 valence electrons. The fourth-order valence-corrected chi connectivity index (χ4v) is 4.29. The summed E-state index contributed by atoms with van der Waals surface area (Å²) >= 11 is 19.5. The lowest BCUT2D eigenvalue weighted by atomic mass is 9.94. The largest absolute Gasteiger partial charge is 0.482 e. The molecule has 0 N–H and O–H groups in total. The molecule has 0 spiro atoms. The van der Waals surface area contributed by atoms with Gasteiger partial charge in [-0.15, -0.1) is 11.3 Å². The SMILES string of the molecule is O=C(COc1cc(Cl)c(Cl)cc1Cl)N(c1nccs1)C1CCCCC1.